The van der Waals surface area contributed by atoms with Crippen LogP contribution in [0.1, 0.15) is 22.4 Å². The number of nitrogens with zero attached hydrogens (tertiary/aromatic N) is 3. The second kappa shape index (κ2) is 5.88. The number of nitrogens with one attached hydrogen (secondary N) is 1. The molecular formula is C12H16N4OS. The molecule has 96 valence electrons. The van der Waals surface area contributed by atoms with Crippen molar-refractivity contribution in [1.29, 1.82) is 0 Å². The fourth-order valence-corrected chi connectivity index (χ4v) is 2.47. The smallest absolute Gasteiger partial charge is 0.233 e. The van der Waals surface area contributed by atoms with Crippen molar-refractivity contribution in [1.82, 2.24) is 20.5 Å². The molecule has 2 aromatic rings. The van der Waals surface area contributed by atoms with Gasteiger partial charge in [0.2, 0.25) is 5.88 Å². The van der Waals surface area contributed by atoms with Gasteiger partial charge in [0.15, 0.2) is 0 Å². The Bertz CT molecular complexity index is 497. The first-order valence-electron chi connectivity index (χ1n) is 5.69. The Morgan fingerprint density at radius 1 is 1.39 bits per heavy atom. The fourth-order valence-electron chi connectivity index (χ4n) is 1.65. The lowest BCUT2D eigenvalue weighted by Gasteiger charge is -2.13. The maximum absolute atomic E-state index is 5.00. The molecule has 0 aliphatic carbocycles. The van der Waals surface area contributed by atoms with E-state index in [2.05, 4.69) is 25.9 Å². The van der Waals surface area contributed by atoms with Crippen LogP contribution in [0.2, 0.25) is 0 Å². The number of ether oxygens (including phenoxy) is 1. The molecule has 0 fully saturated rings. The van der Waals surface area contributed by atoms with Crippen LogP contribution in [0.5, 0.6) is 5.88 Å². The third-order valence-corrected chi connectivity index (χ3v) is 3.61. The highest BCUT2D eigenvalue weighted by Crippen LogP contribution is 2.19. The third-order valence-electron chi connectivity index (χ3n) is 2.62. The molecular weight excluding hydrogens is 248 g/mol. The van der Waals surface area contributed by atoms with Crippen molar-refractivity contribution >= 4 is 11.3 Å². The number of hydrogen-bond acceptors (Lipinski definition) is 6. The van der Waals surface area contributed by atoms with E-state index in [4.69, 9.17) is 4.74 Å². The maximum Gasteiger partial charge on any atom is 0.233 e. The molecule has 5 nitrogen and oxygen atoms in total. The molecule has 0 aromatic carbocycles. The normalized spacial score (nSPS) is 12.4. The van der Waals surface area contributed by atoms with E-state index < -0.39 is 0 Å². The zero-order valence-electron chi connectivity index (χ0n) is 10.7. The summed E-state index contributed by atoms with van der Waals surface area (Å²) < 4.78 is 5.00. The lowest BCUT2D eigenvalue weighted by atomic mass is 10.1. The summed E-state index contributed by atoms with van der Waals surface area (Å²) in [5.74, 6) is 0.527. The molecule has 0 aliphatic heterocycles. The number of aromatic nitrogens is 3. The quantitative estimate of drug-likeness (QED) is 0.891. The van der Waals surface area contributed by atoms with Gasteiger partial charge >= 0.3 is 0 Å². The van der Waals surface area contributed by atoms with Gasteiger partial charge in [-0.3, -0.25) is 0 Å². The first-order chi connectivity index (χ1) is 8.72. The van der Waals surface area contributed by atoms with Gasteiger partial charge in [0.25, 0.3) is 0 Å². The monoisotopic (exact) mass is 264 g/mol. The van der Waals surface area contributed by atoms with Crippen molar-refractivity contribution in [3.05, 3.63) is 33.9 Å². The van der Waals surface area contributed by atoms with Crippen molar-refractivity contribution in [2.75, 3.05) is 14.2 Å². The summed E-state index contributed by atoms with van der Waals surface area (Å²) in [6.07, 6.45) is 0.815. The summed E-state index contributed by atoms with van der Waals surface area (Å²) >= 11 is 1.67. The van der Waals surface area contributed by atoms with E-state index in [1.807, 2.05) is 26.1 Å². The number of aryl methyl sites for hydroxylation is 1. The summed E-state index contributed by atoms with van der Waals surface area (Å²) in [6.45, 7) is 2.00. The predicted octanol–water partition coefficient (Wildman–Crippen LogP) is 1.75. The van der Waals surface area contributed by atoms with Crippen LogP contribution in [0.3, 0.4) is 0 Å². The second-order valence-electron chi connectivity index (χ2n) is 3.93. The Labute approximate surface area is 110 Å². The standard InChI is InChI=1S/C12H16N4OS/c1-8-7-18-12(14-8)6-10(13-2)9-4-5-11(17-3)16-15-9/h4-5,7,10,13H,6H2,1-3H3. The summed E-state index contributed by atoms with van der Waals surface area (Å²) in [7, 11) is 3.49. The van der Waals surface area contributed by atoms with Gasteiger partial charge in [0, 0.05) is 23.6 Å². The van der Waals surface area contributed by atoms with Crippen molar-refractivity contribution in [3.63, 3.8) is 0 Å². The minimum Gasteiger partial charge on any atom is -0.480 e. The Balaban J connectivity index is 2.12. The minimum absolute atomic E-state index is 0.119. The summed E-state index contributed by atoms with van der Waals surface area (Å²) in [5.41, 5.74) is 1.96. The Morgan fingerprint density at radius 3 is 2.72 bits per heavy atom. The van der Waals surface area contributed by atoms with E-state index in [1.165, 1.54) is 0 Å². The zero-order chi connectivity index (χ0) is 13.0. The average molecular weight is 264 g/mol. The molecule has 1 atom stereocenters. The Morgan fingerprint density at radius 2 is 2.22 bits per heavy atom. The molecule has 1 N–H and O–H groups in total. The molecule has 1 unspecified atom stereocenters. The topological polar surface area (TPSA) is 59.9 Å². The van der Waals surface area contributed by atoms with Gasteiger partial charge < -0.3 is 10.1 Å². The van der Waals surface area contributed by atoms with E-state index in [0.29, 0.717) is 5.88 Å². The van der Waals surface area contributed by atoms with E-state index in [9.17, 15) is 0 Å². The van der Waals surface area contributed by atoms with Crippen LogP contribution in [0.25, 0.3) is 0 Å². The van der Waals surface area contributed by atoms with E-state index in [-0.39, 0.29) is 6.04 Å². The van der Waals surface area contributed by atoms with Crippen molar-refractivity contribution in [2.24, 2.45) is 0 Å². The van der Waals surface area contributed by atoms with Gasteiger partial charge in [-0.1, -0.05) is 0 Å². The lowest BCUT2D eigenvalue weighted by Crippen LogP contribution is -2.20. The number of rotatable bonds is 5. The molecule has 0 saturated carbocycles. The van der Waals surface area contributed by atoms with Gasteiger partial charge in [-0.05, 0) is 20.0 Å². The Hall–Kier alpha value is -1.53. The number of hydrogen-bond donors (Lipinski definition) is 1. The summed E-state index contributed by atoms with van der Waals surface area (Å²) in [6, 6.07) is 3.86. The van der Waals surface area contributed by atoms with Gasteiger partial charge in [0.1, 0.15) is 0 Å². The molecule has 2 aromatic heterocycles. The van der Waals surface area contributed by atoms with Crippen LogP contribution in [0.15, 0.2) is 17.5 Å². The molecule has 2 heterocycles. The molecule has 2 rings (SSSR count). The van der Waals surface area contributed by atoms with Gasteiger partial charge in [-0.2, -0.15) is 5.10 Å². The van der Waals surface area contributed by atoms with Crippen LogP contribution in [0.4, 0.5) is 0 Å². The highest BCUT2D eigenvalue weighted by Gasteiger charge is 2.14. The number of methoxy groups -OCH3 is 1. The first kappa shape index (κ1) is 12.9. The molecule has 0 amide bonds. The highest BCUT2D eigenvalue weighted by atomic mass is 32.1. The van der Waals surface area contributed by atoms with E-state index in [1.54, 1.807) is 18.4 Å². The molecule has 0 bridgehead atoms. The molecule has 0 radical (unpaired) electrons. The first-order valence-corrected chi connectivity index (χ1v) is 6.56. The molecule has 0 saturated heterocycles. The lowest BCUT2D eigenvalue weighted by molar-refractivity contribution is 0.389. The molecule has 6 heteroatoms. The fraction of sp³-hybridized carbons (Fsp3) is 0.417. The van der Waals surface area contributed by atoms with Crippen LogP contribution in [-0.4, -0.2) is 29.3 Å². The zero-order valence-corrected chi connectivity index (χ0v) is 11.5. The van der Waals surface area contributed by atoms with Gasteiger partial charge in [-0.25, -0.2) is 4.98 Å². The second-order valence-corrected chi connectivity index (χ2v) is 4.87. The predicted molar refractivity (Wildman–Crippen MR) is 70.9 cm³/mol. The Kier molecular flexibility index (Phi) is 4.22. The van der Waals surface area contributed by atoms with Crippen molar-refractivity contribution in [3.8, 4) is 5.88 Å². The molecule has 18 heavy (non-hydrogen) atoms. The van der Waals surface area contributed by atoms with E-state index >= 15 is 0 Å². The van der Waals surface area contributed by atoms with Crippen LogP contribution >= 0.6 is 11.3 Å². The van der Waals surface area contributed by atoms with Gasteiger partial charge in [0.05, 0.1) is 23.9 Å². The minimum atomic E-state index is 0.119. The third kappa shape index (κ3) is 3.02. The van der Waals surface area contributed by atoms with Gasteiger partial charge in [-0.15, -0.1) is 16.4 Å². The highest BCUT2D eigenvalue weighted by molar-refractivity contribution is 7.09. The van der Waals surface area contributed by atoms with Crippen LogP contribution in [-0.2, 0) is 6.42 Å². The summed E-state index contributed by atoms with van der Waals surface area (Å²) in [4.78, 5) is 4.46. The average Bonchev–Trinajstić information content (AvgIpc) is 2.82. The largest absolute Gasteiger partial charge is 0.480 e. The number of likely N-dealkylation sites (N-methyl/N-ethyl adjacent to an activating group) is 1. The van der Waals surface area contributed by atoms with Crippen molar-refractivity contribution in [2.45, 2.75) is 19.4 Å². The molecule has 0 aliphatic rings. The van der Waals surface area contributed by atoms with Crippen LogP contribution < -0.4 is 10.1 Å². The molecule has 0 spiro atoms. The summed E-state index contributed by atoms with van der Waals surface area (Å²) in [5, 5.41) is 14.5. The SMILES string of the molecule is CNC(Cc1nc(C)cs1)c1ccc(OC)nn1. The van der Waals surface area contributed by atoms with Crippen LogP contribution in [0, 0.1) is 6.92 Å². The maximum atomic E-state index is 5.00. The van der Waals surface area contributed by atoms with Crippen molar-refractivity contribution < 1.29 is 4.74 Å². The van der Waals surface area contributed by atoms with E-state index in [0.717, 1.165) is 22.8 Å². The number of thiazole rings is 1.